The molecule has 0 spiro atoms. The highest BCUT2D eigenvalue weighted by Crippen LogP contribution is 2.33. The van der Waals surface area contributed by atoms with Crippen LogP contribution in [0.2, 0.25) is 0 Å². The third-order valence-electron chi connectivity index (χ3n) is 5.43. The fourth-order valence-corrected chi connectivity index (χ4v) is 6.15. The molecule has 1 aliphatic rings. The number of hydrogen-bond acceptors (Lipinski definition) is 5. The highest BCUT2D eigenvalue weighted by atomic mass is 32.2. The van der Waals surface area contributed by atoms with Crippen molar-refractivity contribution in [1.82, 2.24) is 14.1 Å². The maximum atomic E-state index is 13.6. The van der Waals surface area contributed by atoms with Gasteiger partial charge in [0, 0.05) is 31.9 Å². The molecule has 158 valence electrons. The van der Waals surface area contributed by atoms with E-state index < -0.39 is 10.0 Å². The average molecular weight is 451 g/mol. The van der Waals surface area contributed by atoms with Crippen LogP contribution in [0.1, 0.15) is 0 Å². The van der Waals surface area contributed by atoms with Crippen molar-refractivity contribution in [1.29, 1.82) is 0 Å². The third-order valence-corrected chi connectivity index (χ3v) is 8.21. The molecule has 2 aromatic carbocycles. The van der Waals surface area contributed by atoms with Gasteiger partial charge in [-0.05, 0) is 35.7 Å². The van der Waals surface area contributed by atoms with E-state index in [0.29, 0.717) is 31.9 Å². The molecule has 31 heavy (non-hydrogen) atoms. The Labute approximate surface area is 186 Å². The van der Waals surface area contributed by atoms with Gasteiger partial charge in [-0.1, -0.05) is 42.5 Å². The van der Waals surface area contributed by atoms with Gasteiger partial charge < -0.3 is 4.90 Å². The van der Waals surface area contributed by atoms with Gasteiger partial charge >= 0.3 is 0 Å². The molecule has 0 N–H and O–H groups in total. The molecular formula is C23H22N4O2S2. The fraction of sp³-hybridized carbons (Fsp3) is 0.174. The van der Waals surface area contributed by atoms with Gasteiger partial charge in [-0.3, -0.25) is 0 Å². The predicted molar refractivity (Wildman–Crippen MR) is 124 cm³/mol. The zero-order valence-electron chi connectivity index (χ0n) is 16.8. The second kappa shape index (κ2) is 8.30. The van der Waals surface area contributed by atoms with Gasteiger partial charge in [0.25, 0.3) is 0 Å². The normalized spacial score (nSPS) is 15.3. The van der Waals surface area contributed by atoms with Gasteiger partial charge in [0.1, 0.15) is 10.6 Å². The van der Waals surface area contributed by atoms with Gasteiger partial charge in [0.05, 0.1) is 16.8 Å². The Morgan fingerprint density at radius 2 is 1.42 bits per heavy atom. The van der Waals surface area contributed by atoms with E-state index in [0.717, 1.165) is 16.3 Å². The SMILES string of the molecule is O=S(=O)(c1cn(-c2ccccc2)nc1-c1cccs1)N1CCN(c2ccccc2)CC1. The molecule has 0 amide bonds. The minimum Gasteiger partial charge on any atom is -0.369 e. The molecule has 1 aliphatic heterocycles. The van der Waals surface area contributed by atoms with Crippen molar-refractivity contribution < 1.29 is 8.42 Å². The summed E-state index contributed by atoms with van der Waals surface area (Å²) in [5, 5.41) is 6.59. The highest BCUT2D eigenvalue weighted by molar-refractivity contribution is 7.89. The second-order valence-corrected chi connectivity index (χ2v) is 10.2. The van der Waals surface area contributed by atoms with Crippen LogP contribution >= 0.6 is 11.3 Å². The van der Waals surface area contributed by atoms with Crippen molar-refractivity contribution in [2.75, 3.05) is 31.1 Å². The summed E-state index contributed by atoms with van der Waals surface area (Å²) in [7, 11) is -3.68. The van der Waals surface area contributed by atoms with Crippen LogP contribution in [0.5, 0.6) is 0 Å². The van der Waals surface area contributed by atoms with Crippen molar-refractivity contribution in [3.8, 4) is 16.3 Å². The molecule has 6 nitrogen and oxygen atoms in total. The van der Waals surface area contributed by atoms with Crippen molar-refractivity contribution >= 4 is 27.0 Å². The zero-order chi connectivity index (χ0) is 21.3. The number of rotatable bonds is 5. The Bertz CT molecular complexity index is 1250. The standard InChI is InChI=1S/C23H22N4O2S2/c28-31(29,26-15-13-25(14-16-26)19-8-3-1-4-9-19)22-18-27(20-10-5-2-6-11-20)24-23(22)21-12-7-17-30-21/h1-12,17-18H,13-16H2. The molecule has 2 aromatic heterocycles. The van der Waals surface area contributed by atoms with E-state index in [1.54, 1.807) is 15.2 Å². The molecule has 1 fully saturated rings. The maximum absolute atomic E-state index is 13.6. The summed E-state index contributed by atoms with van der Waals surface area (Å²) in [6.45, 7) is 2.20. The molecule has 0 radical (unpaired) electrons. The number of piperazine rings is 1. The van der Waals surface area contributed by atoms with Crippen molar-refractivity contribution in [3.05, 3.63) is 84.4 Å². The first-order chi connectivity index (χ1) is 15.1. The largest absolute Gasteiger partial charge is 0.369 e. The van der Waals surface area contributed by atoms with E-state index >= 15 is 0 Å². The van der Waals surface area contributed by atoms with Crippen molar-refractivity contribution in [2.24, 2.45) is 0 Å². The Morgan fingerprint density at radius 3 is 2.03 bits per heavy atom. The van der Waals surface area contributed by atoms with Crippen LogP contribution in [0.4, 0.5) is 5.69 Å². The van der Waals surface area contributed by atoms with Crippen molar-refractivity contribution in [2.45, 2.75) is 4.90 Å². The summed E-state index contributed by atoms with van der Waals surface area (Å²) in [4.78, 5) is 3.32. The lowest BCUT2D eigenvalue weighted by Crippen LogP contribution is -2.48. The van der Waals surface area contributed by atoms with Gasteiger partial charge in [0.15, 0.2) is 0 Å². The summed E-state index contributed by atoms with van der Waals surface area (Å²) in [5.74, 6) is 0. The van der Waals surface area contributed by atoms with Gasteiger partial charge in [0.2, 0.25) is 10.0 Å². The molecule has 5 rings (SSSR count). The quantitative estimate of drug-likeness (QED) is 0.459. The topological polar surface area (TPSA) is 58.4 Å². The number of anilines is 1. The lowest BCUT2D eigenvalue weighted by molar-refractivity contribution is 0.385. The van der Waals surface area contributed by atoms with E-state index in [9.17, 15) is 8.42 Å². The van der Waals surface area contributed by atoms with Crippen LogP contribution in [0.15, 0.2) is 89.3 Å². The van der Waals surface area contributed by atoms with Crippen molar-refractivity contribution in [3.63, 3.8) is 0 Å². The number of para-hydroxylation sites is 2. The first-order valence-corrected chi connectivity index (χ1v) is 12.4. The van der Waals surface area contributed by atoms with Gasteiger partial charge in [-0.2, -0.15) is 9.40 Å². The van der Waals surface area contributed by atoms with E-state index in [1.807, 2.05) is 66.0 Å². The predicted octanol–water partition coefficient (Wildman–Crippen LogP) is 4.11. The minimum absolute atomic E-state index is 0.256. The first kappa shape index (κ1) is 20.0. The number of thiophene rings is 1. The molecule has 0 aliphatic carbocycles. The Balaban J connectivity index is 1.47. The Hall–Kier alpha value is -2.94. The van der Waals surface area contributed by atoms with E-state index in [-0.39, 0.29) is 4.90 Å². The fourth-order valence-electron chi connectivity index (χ4n) is 3.81. The molecule has 8 heteroatoms. The molecule has 0 unspecified atom stereocenters. The zero-order valence-corrected chi connectivity index (χ0v) is 18.5. The Kier molecular flexibility index (Phi) is 5.35. The van der Waals surface area contributed by atoms with Crippen LogP contribution in [0.3, 0.4) is 0 Å². The van der Waals surface area contributed by atoms with E-state index in [4.69, 9.17) is 0 Å². The monoisotopic (exact) mass is 450 g/mol. The first-order valence-electron chi connectivity index (χ1n) is 10.1. The summed E-state index contributed by atoms with van der Waals surface area (Å²) >= 11 is 1.49. The van der Waals surface area contributed by atoms with E-state index in [2.05, 4.69) is 22.1 Å². The summed E-state index contributed by atoms with van der Waals surface area (Å²) < 4.78 is 30.5. The molecule has 0 bridgehead atoms. The molecular weight excluding hydrogens is 428 g/mol. The highest BCUT2D eigenvalue weighted by Gasteiger charge is 2.33. The van der Waals surface area contributed by atoms with Crippen LogP contribution in [-0.4, -0.2) is 48.7 Å². The Morgan fingerprint density at radius 1 is 0.774 bits per heavy atom. The number of nitrogens with zero attached hydrogens (tertiary/aromatic N) is 4. The minimum atomic E-state index is -3.68. The summed E-state index contributed by atoms with van der Waals surface area (Å²) in [6, 6.07) is 23.5. The summed E-state index contributed by atoms with van der Waals surface area (Å²) in [5.41, 5.74) is 2.45. The molecule has 0 atom stereocenters. The molecule has 1 saturated heterocycles. The number of hydrogen-bond donors (Lipinski definition) is 0. The number of sulfonamides is 1. The third kappa shape index (κ3) is 3.89. The smallest absolute Gasteiger partial charge is 0.247 e. The number of aromatic nitrogens is 2. The van der Waals surface area contributed by atoms with Crippen LogP contribution < -0.4 is 4.90 Å². The second-order valence-electron chi connectivity index (χ2n) is 7.33. The molecule has 0 saturated carbocycles. The average Bonchev–Trinajstić information content (AvgIpc) is 3.51. The lowest BCUT2D eigenvalue weighted by Gasteiger charge is -2.35. The van der Waals surface area contributed by atoms with E-state index in [1.165, 1.54) is 11.3 Å². The number of benzene rings is 2. The molecule has 4 aromatic rings. The molecule has 3 heterocycles. The van der Waals surface area contributed by atoms with Crippen LogP contribution in [0.25, 0.3) is 16.3 Å². The maximum Gasteiger partial charge on any atom is 0.247 e. The van der Waals surface area contributed by atoms with Crippen LogP contribution in [-0.2, 0) is 10.0 Å². The summed E-state index contributed by atoms with van der Waals surface area (Å²) in [6.07, 6.45) is 1.64. The van der Waals surface area contributed by atoms with Gasteiger partial charge in [-0.25, -0.2) is 13.1 Å². The lowest BCUT2D eigenvalue weighted by atomic mass is 10.2. The van der Waals surface area contributed by atoms with Crippen LogP contribution in [0, 0.1) is 0 Å². The van der Waals surface area contributed by atoms with Gasteiger partial charge in [-0.15, -0.1) is 11.3 Å².